The highest BCUT2D eigenvalue weighted by Crippen LogP contribution is 2.45. The van der Waals surface area contributed by atoms with Crippen molar-refractivity contribution in [2.24, 2.45) is 0 Å². The second-order valence-electron chi connectivity index (χ2n) is 10.00. The van der Waals surface area contributed by atoms with Gasteiger partial charge in [0.15, 0.2) is 11.0 Å². The number of carbonyl (C=O) groups excluding carboxylic acids is 1. The number of pyridine rings is 1. The average Bonchev–Trinajstić information content (AvgIpc) is 2.96. The number of ether oxygens (including phenoxy) is 2. The number of sulfone groups is 1. The molecular formula is C21H25ClFN5O5S. The molecule has 2 aromatic heterocycles. The van der Waals surface area contributed by atoms with Crippen molar-refractivity contribution >= 4 is 44.3 Å². The van der Waals surface area contributed by atoms with Gasteiger partial charge >= 0.3 is 6.09 Å². The van der Waals surface area contributed by atoms with E-state index in [9.17, 15) is 13.2 Å². The van der Waals surface area contributed by atoms with Crippen molar-refractivity contribution in [3.05, 3.63) is 11.0 Å². The van der Waals surface area contributed by atoms with Gasteiger partial charge in [0.25, 0.3) is 0 Å². The Hall–Kier alpha value is -2.47. The van der Waals surface area contributed by atoms with Gasteiger partial charge < -0.3 is 14.4 Å². The molecule has 0 saturated carbocycles. The van der Waals surface area contributed by atoms with Crippen LogP contribution in [-0.4, -0.2) is 77.0 Å². The van der Waals surface area contributed by atoms with Gasteiger partial charge in [-0.15, -0.1) is 0 Å². The van der Waals surface area contributed by atoms with Crippen LogP contribution < -0.4 is 9.64 Å². The summed E-state index contributed by atoms with van der Waals surface area (Å²) in [6.45, 7) is 7.60. The van der Waals surface area contributed by atoms with Crippen molar-refractivity contribution in [1.82, 2.24) is 19.9 Å². The lowest BCUT2D eigenvalue weighted by atomic mass is 9.98. The summed E-state index contributed by atoms with van der Waals surface area (Å²) in [6, 6.07) is -0.889. The van der Waals surface area contributed by atoms with E-state index >= 15 is 4.39 Å². The highest BCUT2D eigenvalue weighted by Gasteiger charge is 2.53. The van der Waals surface area contributed by atoms with Crippen molar-refractivity contribution < 1.29 is 27.1 Å². The Morgan fingerprint density at radius 3 is 2.59 bits per heavy atom. The lowest BCUT2D eigenvalue weighted by Gasteiger charge is -2.48. The minimum Gasteiger partial charge on any atom is -0.472 e. The normalized spacial score (nSPS) is 26.2. The lowest BCUT2D eigenvalue weighted by Crippen LogP contribution is -2.65. The average molecular weight is 514 g/mol. The zero-order chi connectivity index (χ0) is 24.7. The number of hydrogen-bond acceptors (Lipinski definition) is 9. The van der Waals surface area contributed by atoms with Crippen molar-refractivity contribution in [1.29, 1.82) is 0 Å². The number of carbonyl (C=O) groups is 1. The van der Waals surface area contributed by atoms with Crippen LogP contribution in [-0.2, 0) is 14.6 Å². The molecule has 0 unspecified atom stereocenters. The molecule has 34 heavy (non-hydrogen) atoms. The highest BCUT2D eigenvalue weighted by atomic mass is 35.5. The van der Waals surface area contributed by atoms with Crippen molar-refractivity contribution in [3.63, 3.8) is 0 Å². The van der Waals surface area contributed by atoms with E-state index in [1.54, 1.807) is 4.90 Å². The first-order valence-corrected chi connectivity index (χ1v) is 13.2. The van der Waals surface area contributed by atoms with Crippen LogP contribution in [0.3, 0.4) is 0 Å². The lowest BCUT2D eigenvalue weighted by molar-refractivity contribution is 0.000949. The molecule has 10 nitrogen and oxygen atoms in total. The van der Waals surface area contributed by atoms with E-state index in [2.05, 4.69) is 15.0 Å². The fraction of sp³-hybridized carbons (Fsp3) is 0.619. The van der Waals surface area contributed by atoms with Gasteiger partial charge in [0.2, 0.25) is 20.9 Å². The molecule has 0 radical (unpaired) electrons. The summed E-state index contributed by atoms with van der Waals surface area (Å²) in [5.74, 6) is -0.712. The predicted octanol–water partition coefficient (Wildman–Crippen LogP) is 2.96. The maximum atomic E-state index is 15.0. The van der Waals surface area contributed by atoms with Gasteiger partial charge in [-0.05, 0) is 40.5 Å². The number of piperazine rings is 1. The Morgan fingerprint density at radius 1 is 1.24 bits per heavy atom. The molecule has 184 valence electrons. The molecule has 5 rings (SSSR count). The molecule has 2 saturated heterocycles. The number of hydrogen-bond donors (Lipinski definition) is 0. The maximum Gasteiger partial charge on any atom is 0.410 e. The third-order valence-electron chi connectivity index (χ3n) is 6.37. The standard InChI is InChI=1S/C21H25ClFN5O5S/c1-9-15-11-7-6-10(28(11)20(29)33-21(2,3)4)8-27(15)17-12-14(24-19(26-17)34(5,30)31)13(23)16(22)25-18(12)32-9/h9-11,15H,6-8H2,1-5H3/t9-,10+,11-,15+/m0/s1. The number of anilines is 1. The van der Waals surface area contributed by atoms with Gasteiger partial charge in [0, 0.05) is 12.8 Å². The molecule has 2 fully saturated rings. The minimum absolute atomic E-state index is 0.0260. The Labute approximate surface area is 201 Å². The number of halogens is 2. The fourth-order valence-corrected chi connectivity index (χ4v) is 5.83. The number of rotatable bonds is 1. The Bertz CT molecular complexity index is 1320. The molecule has 2 bridgehead atoms. The van der Waals surface area contributed by atoms with E-state index in [1.807, 2.05) is 32.6 Å². The van der Waals surface area contributed by atoms with Crippen LogP contribution in [0.4, 0.5) is 15.0 Å². The largest absolute Gasteiger partial charge is 0.472 e. The summed E-state index contributed by atoms with van der Waals surface area (Å²) in [7, 11) is -3.87. The number of amides is 1. The van der Waals surface area contributed by atoms with E-state index in [-0.39, 0.29) is 34.7 Å². The molecule has 0 spiro atoms. The second kappa shape index (κ2) is 7.51. The van der Waals surface area contributed by atoms with Crippen LogP contribution in [0, 0.1) is 5.82 Å². The maximum absolute atomic E-state index is 15.0. The van der Waals surface area contributed by atoms with E-state index < -0.39 is 49.8 Å². The van der Waals surface area contributed by atoms with Crippen LogP contribution in [0.1, 0.15) is 40.5 Å². The van der Waals surface area contributed by atoms with Crippen LogP contribution >= 0.6 is 11.6 Å². The molecule has 2 aromatic rings. The summed E-state index contributed by atoms with van der Waals surface area (Å²) >= 11 is 6.00. The van der Waals surface area contributed by atoms with Gasteiger partial charge in [0.05, 0.1) is 18.1 Å². The highest BCUT2D eigenvalue weighted by molar-refractivity contribution is 7.90. The Balaban J connectivity index is 1.69. The molecule has 13 heteroatoms. The molecule has 0 aliphatic carbocycles. The third-order valence-corrected chi connectivity index (χ3v) is 7.46. The van der Waals surface area contributed by atoms with Gasteiger partial charge in [-0.2, -0.15) is 4.98 Å². The summed E-state index contributed by atoms with van der Waals surface area (Å²) < 4.78 is 51.5. The Morgan fingerprint density at radius 2 is 1.94 bits per heavy atom. The van der Waals surface area contributed by atoms with Gasteiger partial charge in [-0.25, -0.2) is 27.6 Å². The predicted molar refractivity (Wildman–Crippen MR) is 122 cm³/mol. The summed E-state index contributed by atoms with van der Waals surface area (Å²) in [5, 5.41) is -0.832. The summed E-state index contributed by atoms with van der Waals surface area (Å²) in [4.78, 5) is 29.1. The first-order valence-electron chi connectivity index (χ1n) is 11.0. The van der Waals surface area contributed by atoms with Gasteiger partial charge in [0.1, 0.15) is 28.4 Å². The quantitative estimate of drug-likeness (QED) is 0.419. The summed E-state index contributed by atoms with van der Waals surface area (Å²) in [5.41, 5.74) is -0.924. The van der Waals surface area contributed by atoms with Crippen LogP contribution in [0.15, 0.2) is 5.16 Å². The third kappa shape index (κ3) is 3.62. The molecule has 4 atom stereocenters. The zero-order valence-electron chi connectivity index (χ0n) is 19.4. The minimum atomic E-state index is -3.87. The first kappa shape index (κ1) is 23.3. The van der Waals surface area contributed by atoms with Crippen LogP contribution in [0.5, 0.6) is 5.88 Å². The van der Waals surface area contributed by atoms with E-state index in [0.29, 0.717) is 13.0 Å². The monoisotopic (exact) mass is 513 g/mol. The van der Waals surface area contributed by atoms with Gasteiger partial charge in [-0.3, -0.25) is 4.90 Å². The summed E-state index contributed by atoms with van der Waals surface area (Å²) in [6.07, 6.45) is 1.47. The zero-order valence-corrected chi connectivity index (χ0v) is 20.9. The first-order chi connectivity index (χ1) is 15.8. The smallest absolute Gasteiger partial charge is 0.410 e. The molecule has 3 aliphatic heterocycles. The number of fused-ring (bicyclic) bond motifs is 5. The fourth-order valence-electron chi connectivity index (χ4n) is 5.16. The van der Waals surface area contributed by atoms with Crippen molar-refractivity contribution in [2.75, 3.05) is 17.7 Å². The molecule has 0 aromatic carbocycles. The molecule has 0 N–H and O–H groups in total. The SMILES string of the molecule is C[C@@H]1Oc2nc(Cl)c(F)c3nc(S(C)(=O)=O)nc(c23)N2C[C@H]3CC[C@@H]([C@@H]12)N3C(=O)OC(C)(C)C. The molecular weight excluding hydrogens is 489 g/mol. The number of aromatic nitrogens is 3. The topological polar surface area (TPSA) is 115 Å². The van der Waals surface area contributed by atoms with Gasteiger partial charge in [-0.1, -0.05) is 11.6 Å². The van der Waals surface area contributed by atoms with Crippen LogP contribution in [0.25, 0.3) is 10.9 Å². The van der Waals surface area contributed by atoms with E-state index in [0.717, 1.165) is 12.7 Å². The van der Waals surface area contributed by atoms with E-state index in [4.69, 9.17) is 21.1 Å². The van der Waals surface area contributed by atoms with Crippen LogP contribution in [0.2, 0.25) is 5.15 Å². The molecule has 3 aliphatic rings. The molecule has 5 heterocycles. The van der Waals surface area contributed by atoms with Crippen molar-refractivity contribution in [3.8, 4) is 5.88 Å². The second-order valence-corrected chi connectivity index (χ2v) is 12.3. The number of nitrogens with zero attached hydrogens (tertiary/aromatic N) is 5. The van der Waals surface area contributed by atoms with E-state index in [1.165, 1.54) is 0 Å². The Kier molecular flexibility index (Phi) is 5.14. The molecule has 1 amide bonds. The van der Waals surface area contributed by atoms with Crippen molar-refractivity contribution in [2.45, 2.75) is 75.5 Å².